The van der Waals surface area contributed by atoms with Gasteiger partial charge in [-0.2, -0.15) is 0 Å². The highest BCUT2D eigenvalue weighted by Crippen LogP contribution is 2.14. The van der Waals surface area contributed by atoms with Crippen molar-refractivity contribution < 1.29 is 14.3 Å². The fourth-order valence-corrected chi connectivity index (χ4v) is 1.73. The summed E-state index contributed by atoms with van der Waals surface area (Å²) in [5.74, 6) is 0.134. The van der Waals surface area contributed by atoms with Crippen LogP contribution in [0.1, 0.15) is 47.0 Å². The Morgan fingerprint density at radius 1 is 1.10 bits per heavy atom. The maximum Gasteiger partial charge on any atom is 0.222 e. The predicted molar refractivity (Wildman–Crippen MR) is 86.5 cm³/mol. The second-order valence-corrected chi connectivity index (χ2v) is 6.23. The number of hydrogen-bond acceptors (Lipinski definition) is 4. The average molecular weight is 302 g/mol. The highest BCUT2D eigenvalue weighted by molar-refractivity contribution is 5.77. The molecule has 0 aliphatic carbocycles. The van der Waals surface area contributed by atoms with Crippen LogP contribution in [0, 0.1) is 5.92 Å². The van der Waals surface area contributed by atoms with Crippen molar-refractivity contribution in [2.45, 2.75) is 52.6 Å². The van der Waals surface area contributed by atoms with Gasteiger partial charge < -0.3 is 20.1 Å². The molecule has 5 nitrogen and oxygen atoms in total. The Labute approximate surface area is 130 Å². The van der Waals surface area contributed by atoms with Gasteiger partial charge >= 0.3 is 0 Å². The van der Waals surface area contributed by atoms with E-state index in [1.165, 1.54) is 0 Å². The number of hydrogen-bond donors (Lipinski definition) is 2. The smallest absolute Gasteiger partial charge is 0.222 e. The monoisotopic (exact) mass is 302 g/mol. The predicted octanol–water partition coefficient (Wildman–Crippen LogP) is 1.96. The van der Waals surface area contributed by atoms with E-state index >= 15 is 0 Å². The molecule has 126 valence electrons. The number of carbonyl (C=O) groups is 1. The summed E-state index contributed by atoms with van der Waals surface area (Å²) in [6, 6.07) is 0. The molecule has 2 N–H and O–H groups in total. The quantitative estimate of drug-likeness (QED) is 0.511. The molecule has 0 heterocycles. The van der Waals surface area contributed by atoms with E-state index in [4.69, 9.17) is 9.47 Å². The van der Waals surface area contributed by atoms with Crippen LogP contribution in [0.3, 0.4) is 0 Å². The first-order chi connectivity index (χ1) is 9.89. The highest BCUT2D eigenvalue weighted by Gasteiger charge is 2.18. The lowest BCUT2D eigenvalue weighted by molar-refractivity contribution is -0.124. The van der Waals surface area contributed by atoms with Crippen molar-refractivity contribution in [3.8, 4) is 0 Å². The van der Waals surface area contributed by atoms with Crippen LogP contribution in [0.2, 0.25) is 0 Å². The molecule has 0 spiro atoms. The topological polar surface area (TPSA) is 59.6 Å². The normalized spacial score (nSPS) is 11.9. The van der Waals surface area contributed by atoms with Crippen LogP contribution >= 0.6 is 0 Å². The van der Waals surface area contributed by atoms with E-state index < -0.39 is 0 Å². The molecule has 0 rings (SSSR count). The Hall–Kier alpha value is -0.650. The second kappa shape index (κ2) is 12.0. The Balaban J connectivity index is 3.53. The van der Waals surface area contributed by atoms with Crippen LogP contribution in [0.4, 0.5) is 0 Å². The summed E-state index contributed by atoms with van der Waals surface area (Å²) < 4.78 is 11.4. The summed E-state index contributed by atoms with van der Waals surface area (Å²) in [5.41, 5.74) is -0.212. The molecular formula is C16H34N2O3. The van der Waals surface area contributed by atoms with Crippen LogP contribution in [0.5, 0.6) is 0 Å². The number of rotatable bonds is 13. The molecule has 0 bridgehead atoms. The molecule has 0 aliphatic rings. The van der Waals surface area contributed by atoms with Gasteiger partial charge in [0.25, 0.3) is 0 Å². The molecule has 21 heavy (non-hydrogen) atoms. The number of nitrogens with one attached hydrogen (secondary N) is 2. The molecule has 0 fully saturated rings. The van der Waals surface area contributed by atoms with E-state index in [0.29, 0.717) is 13.2 Å². The van der Waals surface area contributed by atoms with Crippen molar-refractivity contribution in [3.63, 3.8) is 0 Å². The molecule has 0 aromatic heterocycles. The fourth-order valence-electron chi connectivity index (χ4n) is 1.73. The molecule has 0 atom stereocenters. The summed E-state index contributed by atoms with van der Waals surface area (Å²) in [4.78, 5) is 11.5. The minimum Gasteiger partial charge on any atom is -0.381 e. The SMILES string of the molecule is CNCCCOCCCOC(C)(C)CCNC(=O)C(C)C. The lowest BCUT2D eigenvalue weighted by Gasteiger charge is -2.25. The molecule has 0 saturated carbocycles. The summed E-state index contributed by atoms with van der Waals surface area (Å²) in [7, 11) is 1.94. The largest absolute Gasteiger partial charge is 0.381 e. The minimum atomic E-state index is -0.212. The third-order valence-electron chi connectivity index (χ3n) is 3.19. The maximum atomic E-state index is 11.5. The van der Waals surface area contributed by atoms with E-state index in [1.54, 1.807) is 0 Å². The number of carbonyl (C=O) groups excluding carboxylic acids is 1. The molecule has 1 amide bonds. The summed E-state index contributed by atoms with van der Waals surface area (Å²) >= 11 is 0. The molecule has 5 heteroatoms. The van der Waals surface area contributed by atoms with Gasteiger partial charge in [0.1, 0.15) is 0 Å². The Morgan fingerprint density at radius 2 is 1.76 bits per heavy atom. The van der Waals surface area contributed by atoms with E-state index in [9.17, 15) is 4.79 Å². The zero-order valence-electron chi connectivity index (χ0n) is 14.5. The lowest BCUT2D eigenvalue weighted by atomic mass is 10.0. The van der Waals surface area contributed by atoms with Crippen molar-refractivity contribution >= 4 is 5.91 Å². The van der Waals surface area contributed by atoms with Gasteiger partial charge in [-0.05, 0) is 46.7 Å². The molecule has 0 saturated heterocycles. The van der Waals surface area contributed by atoms with E-state index in [0.717, 1.165) is 39.0 Å². The second-order valence-electron chi connectivity index (χ2n) is 6.23. The van der Waals surface area contributed by atoms with E-state index in [1.807, 2.05) is 20.9 Å². The summed E-state index contributed by atoms with van der Waals surface area (Å²) in [5, 5.41) is 6.01. The van der Waals surface area contributed by atoms with Crippen molar-refractivity contribution in [3.05, 3.63) is 0 Å². The molecule has 0 aliphatic heterocycles. The zero-order chi connectivity index (χ0) is 16.1. The highest BCUT2D eigenvalue weighted by atomic mass is 16.5. The van der Waals surface area contributed by atoms with Crippen LogP contribution in [0.15, 0.2) is 0 Å². The maximum absolute atomic E-state index is 11.5. The molecule has 0 aromatic carbocycles. The summed E-state index contributed by atoms with van der Waals surface area (Å²) in [6.45, 7) is 11.8. The first kappa shape index (κ1) is 20.3. The van der Waals surface area contributed by atoms with Gasteiger partial charge in [0.2, 0.25) is 5.91 Å². The van der Waals surface area contributed by atoms with Gasteiger partial charge in [0, 0.05) is 32.3 Å². The van der Waals surface area contributed by atoms with Crippen LogP contribution in [-0.4, -0.2) is 51.5 Å². The van der Waals surface area contributed by atoms with Gasteiger partial charge in [-0.15, -0.1) is 0 Å². The Kier molecular flexibility index (Phi) is 11.6. The average Bonchev–Trinajstić information content (AvgIpc) is 2.41. The summed E-state index contributed by atoms with van der Waals surface area (Å²) in [6.07, 6.45) is 2.76. The lowest BCUT2D eigenvalue weighted by Crippen LogP contribution is -2.34. The number of ether oxygens (including phenoxy) is 2. The Morgan fingerprint density at radius 3 is 2.38 bits per heavy atom. The molecule has 0 unspecified atom stereocenters. The number of amides is 1. The van der Waals surface area contributed by atoms with Crippen molar-refractivity contribution in [1.29, 1.82) is 0 Å². The molecular weight excluding hydrogens is 268 g/mol. The first-order valence-electron chi connectivity index (χ1n) is 8.03. The van der Waals surface area contributed by atoms with E-state index in [-0.39, 0.29) is 17.4 Å². The Bertz CT molecular complexity index is 268. The molecule has 0 radical (unpaired) electrons. The third kappa shape index (κ3) is 12.8. The first-order valence-corrected chi connectivity index (χ1v) is 8.03. The van der Waals surface area contributed by atoms with Crippen molar-refractivity contribution in [2.24, 2.45) is 5.92 Å². The van der Waals surface area contributed by atoms with Gasteiger partial charge in [0.15, 0.2) is 0 Å². The standard InChI is InChI=1S/C16H34N2O3/c1-14(2)15(19)18-10-8-16(3,4)21-13-7-12-20-11-6-9-17-5/h14,17H,6-13H2,1-5H3,(H,18,19). The third-order valence-corrected chi connectivity index (χ3v) is 3.19. The van der Waals surface area contributed by atoms with Gasteiger partial charge in [-0.1, -0.05) is 13.8 Å². The van der Waals surface area contributed by atoms with Gasteiger partial charge in [-0.3, -0.25) is 4.79 Å². The van der Waals surface area contributed by atoms with Crippen LogP contribution < -0.4 is 10.6 Å². The van der Waals surface area contributed by atoms with E-state index in [2.05, 4.69) is 24.5 Å². The van der Waals surface area contributed by atoms with Crippen LogP contribution in [0.25, 0.3) is 0 Å². The van der Waals surface area contributed by atoms with Crippen molar-refractivity contribution in [2.75, 3.05) is 40.0 Å². The zero-order valence-corrected chi connectivity index (χ0v) is 14.5. The van der Waals surface area contributed by atoms with Crippen molar-refractivity contribution in [1.82, 2.24) is 10.6 Å². The van der Waals surface area contributed by atoms with Gasteiger partial charge in [-0.25, -0.2) is 0 Å². The van der Waals surface area contributed by atoms with Crippen LogP contribution in [-0.2, 0) is 14.3 Å². The fraction of sp³-hybridized carbons (Fsp3) is 0.938. The van der Waals surface area contributed by atoms with Gasteiger partial charge in [0.05, 0.1) is 5.60 Å². The minimum absolute atomic E-state index is 0.0362. The molecule has 0 aromatic rings.